The monoisotopic (exact) mass is 422 g/mol. The zero-order chi connectivity index (χ0) is 20.2. The normalized spacial score (nSPS) is 11.9. The van der Waals surface area contributed by atoms with Gasteiger partial charge in [0.05, 0.1) is 10.9 Å². The van der Waals surface area contributed by atoms with Crippen LogP contribution in [0.4, 0.5) is 5.13 Å². The van der Waals surface area contributed by atoms with Crippen LogP contribution in [0.15, 0.2) is 65.4 Å². The Balaban J connectivity index is 1.63. The number of thiazole rings is 1. The molecule has 0 saturated heterocycles. The molecular weight excluding hydrogens is 404 g/mol. The van der Waals surface area contributed by atoms with Crippen LogP contribution in [0.25, 0.3) is 17.1 Å². The minimum absolute atomic E-state index is 0.127. The van der Waals surface area contributed by atoms with Crippen molar-refractivity contribution < 1.29 is 4.79 Å². The fourth-order valence-corrected chi connectivity index (χ4v) is 4.23. The third-order valence-electron chi connectivity index (χ3n) is 4.09. The van der Waals surface area contributed by atoms with E-state index in [1.165, 1.54) is 23.1 Å². The number of aromatic nitrogens is 5. The number of hydrogen-bond donors (Lipinski definition) is 1. The molecule has 0 aliphatic carbocycles. The predicted molar refractivity (Wildman–Crippen MR) is 115 cm³/mol. The Bertz CT molecular complexity index is 1110. The molecule has 146 valence electrons. The summed E-state index contributed by atoms with van der Waals surface area (Å²) in [7, 11) is 0. The molecule has 0 radical (unpaired) electrons. The zero-order valence-corrected chi connectivity index (χ0v) is 17.4. The molecule has 0 aliphatic heterocycles. The van der Waals surface area contributed by atoms with E-state index in [1.54, 1.807) is 12.4 Å². The topological polar surface area (TPSA) is 85.6 Å². The lowest BCUT2D eigenvalue weighted by Gasteiger charge is -2.13. The molecule has 1 N–H and O–H groups in total. The van der Waals surface area contributed by atoms with Crippen molar-refractivity contribution in [1.82, 2.24) is 24.7 Å². The largest absolute Gasteiger partial charge is 0.301 e. The quantitative estimate of drug-likeness (QED) is 0.469. The Kier molecular flexibility index (Phi) is 5.68. The van der Waals surface area contributed by atoms with Gasteiger partial charge in [-0.1, -0.05) is 30.0 Å². The number of aryl methyl sites for hydroxylation is 1. The second kappa shape index (κ2) is 8.54. The first-order valence-electron chi connectivity index (χ1n) is 8.92. The first-order chi connectivity index (χ1) is 14.1. The van der Waals surface area contributed by atoms with Crippen LogP contribution >= 0.6 is 23.1 Å². The first-order valence-corrected chi connectivity index (χ1v) is 10.7. The van der Waals surface area contributed by atoms with Gasteiger partial charge in [-0.05, 0) is 38.1 Å². The van der Waals surface area contributed by atoms with Gasteiger partial charge < -0.3 is 5.32 Å². The molecule has 1 aromatic carbocycles. The van der Waals surface area contributed by atoms with Gasteiger partial charge in [0.1, 0.15) is 0 Å². The average Bonchev–Trinajstić information content (AvgIpc) is 3.35. The van der Waals surface area contributed by atoms with Crippen molar-refractivity contribution in [2.45, 2.75) is 24.3 Å². The van der Waals surface area contributed by atoms with E-state index in [0.29, 0.717) is 16.1 Å². The molecule has 0 fully saturated rings. The van der Waals surface area contributed by atoms with Gasteiger partial charge in [-0.2, -0.15) is 0 Å². The molecule has 4 rings (SSSR count). The van der Waals surface area contributed by atoms with Gasteiger partial charge in [0, 0.05) is 29.0 Å². The van der Waals surface area contributed by atoms with E-state index in [4.69, 9.17) is 0 Å². The highest BCUT2D eigenvalue weighted by Gasteiger charge is 2.22. The molecule has 1 atom stereocenters. The molecule has 29 heavy (non-hydrogen) atoms. The Morgan fingerprint density at radius 2 is 1.90 bits per heavy atom. The van der Waals surface area contributed by atoms with Crippen LogP contribution in [0.2, 0.25) is 0 Å². The van der Waals surface area contributed by atoms with Gasteiger partial charge in [-0.25, -0.2) is 4.98 Å². The number of hydrogen-bond acceptors (Lipinski definition) is 7. The molecule has 7 nitrogen and oxygen atoms in total. The second-order valence-corrected chi connectivity index (χ2v) is 8.42. The lowest BCUT2D eigenvalue weighted by Crippen LogP contribution is -2.22. The highest BCUT2D eigenvalue weighted by atomic mass is 32.2. The second-order valence-electron chi connectivity index (χ2n) is 6.26. The lowest BCUT2D eigenvalue weighted by atomic mass is 10.2. The van der Waals surface area contributed by atoms with E-state index >= 15 is 0 Å². The van der Waals surface area contributed by atoms with E-state index in [2.05, 4.69) is 25.5 Å². The highest BCUT2D eigenvalue weighted by Crippen LogP contribution is 2.30. The first kappa shape index (κ1) is 19.3. The van der Waals surface area contributed by atoms with Gasteiger partial charge >= 0.3 is 0 Å². The van der Waals surface area contributed by atoms with E-state index in [-0.39, 0.29) is 11.2 Å². The fourth-order valence-electron chi connectivity index (χ4n) is 2.67. The van der Waals surface area contributed by atoms with Crippen LogP contribution in [-0.2, 0) is 4.79 Å². The minimum atomic E-state index is -0.379. The average molecular weight is 423 g/mol. The summed E-state index contributed by atoms with van der Waals surface area (Å²) in [6.45, 7) is 3.74. The number of para-hydroxylation sites is 1. The molecule has 3 aromatic heterocycles. The van der Waals surface area contributed by atoms with Crippen molar-refractivity contribution in [1.29, 1.82) is 0 Å². The summed E-state index contributed by atoms with van der Waals surface area (Å²) >= 11 is 2.76. The summed E-state index contributed by atoms with van der Waals surface area (Å²) in [4.78, 5) is 21.0. The number of thioether (sulfide) groups is 1. The minimum Gasteiger partial charge on any atom is -0.301 e. The van der Waals surface area contributed by atoms with Crippen molar-refractivity contribution in [3.05, 3.63) is 65.9 Å². The molecule has 0 saturated carbocycles. The molecular formula is C20H18N6OS2. The Hall–Kier alpha value is -3.04. The number of benzene rings is 1. The van der Waals surface area contributed by atoms with Crippen LogP contribution in [0.3, 0.4) is 0 Å². The summed E-state index contributed by atoms with van der Waals surface area (Å²) in [5.74, 6) is 0.571. The molecule has 9 heteroatoms. The van der Waals surface area contributed by atoms with Crippen LogP contribution in [-0.4, -0.2) is 35.9 Å². The molecule has 0 aliphatic rings. The third-order valence-corrected chi connectivity index (χ3v) is 6.01. The summed E-state index contributed by atoms with van der Waals surface area (Å²) in [5.41, 5.74) is 2.71. The number of amides is 1. The number of nitrogens with zero attached hydrogens (tertiary/aromatic N) is 5. The van der Waals surface area contributed by atoms with E-state index in [1.807, 2.05) is 66.3 Å². The van der Waals surface area contributed by atoms with E-state index in [9.17, 15) is 4.79 Å². The number of nitrogens with one attached hydrogen (secondary N) is 1. The summed E-state index contributed by atoms with van der Waals surface area (Å²) in [6, 6.07) is 13.6. The standard InChI is InChI=1S/C20H18N6OS2/c1-13-12-28-19(22-13)23-18(27)14(2)29-20-25-24-17(15-8-10-21-11-9-15)26(20)16-6-4-3-5-7-16/h3-12,14H,1-2H3,(H,22,23,27). The number of pyridine rings is 1. The van der Waals surface area contributed by atoms with Crippen LogP contribution < -0.4 is 5.32 Å². The van der Waals surface area contributed by atoms with E-state index in [0.717, 1.165) is 16.9 Å². The predicted octanol–water partition coefficient (Wildman–Crippen LogP) is 4.21. The molecule has 3 heterocycles. The SMILES string of the molecule is Cc1csc(NC(=O)C(C)Sc2nnc(-c3ccncc3)n2-c2ccccc2)n1. The fraction of sp³-hybridized carbons (Fsp3) is 0.150. The van der Waals surface area contributed by atoms with Crippen LogP contribution in [0, 0.1) is 6.92 Å². The zero-order valence-electron chi connectivity index (χ0n) is 15.8. The number of anilines is 1. The third kappa shape index (κ3) is 4.36. The molecule has 1 unspecified atom stereocenters. The maximum atomic E-state index is 12.6. The molecule has 4 aromatic rings. The van der Waals surface area contributed by atoms with Crippen LogP contribution in [0.5, 0.6) is 0 Å². The number of rotatable bonds is 6. The Morgan fingerprint density at radius 3 is 2.59 bits per heavy atom. The lowest BCUT2D eigenvalue weighted by molar-refractivity contribution is -0.115. The van der Waals surface area contributed by atoms with Gasteiger partial charge in [0.2, 0.25) is 5.91 Å². The van der Waals surface area contributed by atoms with Gasteiger partial charge in [-0.15, -0.1) is 21.5 Å². The summed E-state index contributed by atoms with van der Waals surface area (Å²) < 4.78 is 1.96. The van der Waals surface area contributed by atoms with Gasteiger partial charge in [-0.3, -0.25) is 14.3 Å². The highest BCUT2D eigenvalue weighted by molar-refractivity contribution is 8.00. The van der Waals surface area contributed by atoms with Crippen molar-refractivity contribution in [3.8, 4) is 17.1 Å². The van der Waals surface area contributed by atoms with Crippen molar-refractivity contribution in [2.24, 2.45) is 0 Å². The Morgan fingerprint density at radius 1 is 1.14 bits per heavy atom. The van der Waals surface area contributed by atoms with Crippen molar-refractivity contribution >= 4 is 34.1 Å². The van der Waals surface area contributed by atoms with E-state index < -0.39 is 0 Å². The summed E-state index contributed by atoms with van der Waals surface area (Å²) in [6.07, 6.45) is 3.44. The number of carbonyl (C=O) groups excluding carboxylic acids is 1. The van der Waals surface area contributed by atoms with Crippen molar-refractivity contribution in [3.63, 3.8) is 0 Å². The number of carbonyl (C=O) groups is 1. The van der Waals surface area contributed by atoms with Crippen molar-refractivity contribution in [2.75, 3.05) is 5.32 Å². The molecule has 0 spiro atoms. The van der Waals surface area contributed by atoms with Crippen LogP contribution in [0.1, 0.15) is 12.6 Å². The molecule has 1 amide bonds. The Labute approximate surface area is 176 Å². The maximum absolute atomic E-state index is 12.6. The smallest absolute Gasteiger partial charge is 0.239 e. The summed E-state index contributed by atoms with van der Waals surface area (Å²) in [5, 5.41) is 14.4. The van der Waals surface area contributed by atoms with Gasteiger partial charge in [0.25, 0.3) is 0 Å². The molecule has 0 bridgehead atoms. The maximum Gasteiger partial charge on any atom is 0.239 e. The van der Waals surface area contributed by atoms with Gasteiger partial charge in [0.15, 0.2) is 16.1 Å².